The zero-order valence-electron chi connectivity index (χ0n) is 12.5. The predicted octanol–water partition coefficient (Wildman–Crippen LogP) is 1.09. The van der Waals surface area contributed by atoms with Crippen LogP contribution in [0.3, 0.4) is 0 Å². The number of halogens is 2. The van der Waals surface area contributed by atoms with Crippen LogP contribution in [0.4, 0.5) is 4.39 Å². The molecular weight excluding hydrogens is 309 g/mol. The lowest BCUT2D eigenvalue weighted by atomic mass is 10.0. The van der Waals surface area contributed by atoms with Gasteiger partial charge in [-0.2, -0.15) is 0 Å². The van der Waals surface area contributed by atoms with E-state index in [1.165, 1.54) is 12.1 Å². The largest absolute Gasteiger partial charge is 0.379 e. The van der Waals surface area contributed by atoms with Crippen LogP contribution in [0, 0.1) is 5.82 Å². The second kappa shape index (κ2) is 9.74. The summed E-state index contributed by atoms with van der Waals surface area (Å²) in [5.41, 5.74) is 6.37. The van der Waals surface area contributed by atoms with Gasteiger partial charge in [0, 0.05) is 32.6 Å². The van der Waals surface area contributed by atoms with E-state index in [4.69, 9.17) is 10.5 Å². The summed E-state index contributed by atoms with van der Waals surface area (Å²) >= 11 is 0. The molecule has 1 unspecified atom stereocenters. The Bertz CT molecular complexity index is 453. The molecule has 1 aromatic carbocycles. The van der Waals surface area contributed by atoms with Crippen molar-refractivity contribution in [2.24, 2.45) is 5.73 Å². The predicted molar refractivity (Wildman–Crippen MR) is 85.5 cm³/mol. The fraction of sp³-hybridized carbons (Fsp3) is 0.533. The second-order valence-electron chi connectivity index (χ2n) is 5.06. The molecule has 1 aliphatic heterocycles. The third kappa shape index (κ3) is 5.53. The lowest BCUT2D eigenvalue weighted by Crippen LogP contribution is -2.44. The maximum atomic E-state index is 13.1. The topological polar surface area (TPSA) is 67.6 Å². The van der Waals surface area contributed by atoms with Gasteiger partial charge in [-0.1, -0.05) is 12.1 Å². The Morgan fingerprint density at radius 1 is 1.32 bits per heavy atom. The van der Waals surface area contributed by atoms with E-state index in [2.05, 4.69) is 10.2 Å². The van der Waals surface area contributed by atoms with Gasteiger partial charge in [0.05, 0.1) is 19.3 Å². The first-order chi connectivity index (χ1) is 10.2. The molecule has 1 atom stereocenters. The first-order valence-electron chi connectivity index (χ1n) is 7.24. The van der Waals surface area contributed by atoms with Crippen LogP contribution in [0.25, 0.3) is 0 Å². The van der Waals surface area contributed by atoms with Gasteiger partial charge in [-0.25, -0.2) is 4.39 Å². The van der Waals surface area contributed by atoms with Gasteiger partial charge in [0.2, 0.25) is 5.91 Å². The molecule has 1 fully saturated rings. The number of hydrogen-bond acceptors (Lipinski definition) is 4. The highest BCUT2D eigenvalue weighted by Crippen LogP contribution is 2.21. The molecule has 0 aromatic heterocycles. The van der Waals surface area contributed by atoms with Crippen LogP contribution < -0.4 is 11.1 Å². The third-order valence-electron chi connectivity index (χ3n) is 3.61. The summed E-state index contributed by atoms with van der Waals surface area (Å²) in [6.07, 6.45) is 0.319. The molecule has 1 aliphatic rings. The molecule has 124 valence electrons. The van der Waals surface area contributed by atoms with Gasteiger partial charge in [-0.3, -0.25) is 9.69 Å². The first kappa shape index (κ1) is 18.8. The van der Waals surface area contributed by atoms with E-state index in [0.29, 0.717) is 32.7 Å². The minimum Gasteiger partial charge on any atom is -0.379 e. The average molecular weight is 332 g/mol. The van der Waals surface area contributed by atoms with Crippen molar-refractivity contribution in [3.05, 3.63) is 35.6 Å². The molecule has 0 spiro atoms. The molecule has 1 amide bonds. The minimum absolute atomic E-state index is 0. The number of ether oxygens (including phenoxy) is 1. The number of nitrogens with zero attached hydrogens (tertiary/aromatic N) is 1. The van der Waals surface area contributed by atoms with Crippen LogP contribution in [0.1, 0.15) is 18.0 Å². The molecule has 1 aromatic rings. The molecule has 3 N–H and O–H groups in total. The van der Waals surface area contributed by atoms with Gasteiger partial charge in [-0.15, -0.1) is 12.4 Å². The van der Waals surface area contributed by atoms with Crippen molar-refractivity contribution in [2.45, 2.75) is 12.5 Å². The van der Waals surface area contributed by atoms with E-state index in [-0.39, 0.29) is 30.2 Å². The number of morpholine rings is 1. The molecule has 1 saturated heterocycles. The highest BCUT2D eigenvalue weighted by Gasteiger charge is 2.23. The SMILES string of the molecule is Cl.NCCC(=O)NCC(c1ccc(F)cc1)N1CCOCC1. The summed E-state index contributed by atoms with van der Waals surface area (Å²) in [6, 6.07) is 6.46. The molecule has 0 saturated carbocycles. The van der Waals surface area contributed by atoms with Gasteiger partial charge < -0.3 is 15.8 Å². The van der Waals surface area contributed by atoms with Crippen LogP contribution in [-0.4, -0.2) is 50.2 Å². The fourth-order valence-corrected chi connectivity index (χ4v) is 2.46. The second-order valence-corrected chi connectivity index (χ2v) is 5.06. The van der Waals surface area contributed by atoms with E-state index in [1.54, 1.807) is 12.1 Å². The Morgan fingerprint density at radius 3 is 2.55 bits per heavy atom. The van der Waals surface area contributed by atoms with E-state index in [0.717, 1.165) is 18.7 Å². The van der Waals surface area contributed by atoms with Crippen LogP contribution in [-0.2, 0) is 9.53 Å². The third-order valence-corrected chi connectivity index (χ3v) is 3.61. The molecule has 22 heavy (non-hydrogen) atoms. The maximum Gasteiger partial charge on any atom is 0.221 e. The highest BCUT2D eigenvalue weighted by atomic mass is 35.5. The van der Waals surface area contributed by atoms with E-state index < -0.39 is 0 Å². The zero-order chi connectivity index (χ0) is 15.1. The number of amides is 1. The van der Waals surface area contributed by atoms with E-state index >= 15 is 0 Å². The monoisotopic (exact) mass is 331 g/mol. The summed E-state index contributed by atoms with van der Waals surface area (Å²) < 4.78 is 18.5. The van der Waals surface area contributed by atoms with Crippen molar-refractivity contribution in [2.75, 3.05) is 39.4 Å². The fourth-order valence-electron chi connectivity index (χ4n) is 2.46. The minimum atomic E-state index is -0.258. The van der Waals surface area contributed by atoms with Crippen LogP contribution in [0.5, 0.6) is 0 Å². The van der Waals surface area contributed by atoms with Crippen molar-refractivity contribution >= 4 is 18.3 Å². The lowest BCUT2D eigenvalue weighted by molar-refractivity contribution is -0.121. The average Bonchev–Trinajstić information content (AvgIpc) is 2.50. The summed E-state index contributed by atoms with van der Waals surface area (Å²) in [4.78, 5) is 13.9. The number of nitrogens with one attached hydrogen (secondary N) is 1. The number of rotatable bonds is 6. The van der Waals surface area contributed by atoms with Crippen molar-refractivity contribution in [3.63, 3.8) is 0 Å². The Balaban J connectivity index is 0.00000242. The maximum absolute atomic E-state index is 13.1. The molecule has 2 rings (SSSR count). The summed E-state index contributed by atoms with van der Waals surface area (Å²) in [6.45, 7) is 3.78. The normalized spacial score (nSPS) is 16.6. The van der Waals surface area contributed by atoms with Crippen LogP contribution >= 0.6 is 12.4 Å². The molecule has 0 radical (unpaired) electrons. The van der Waals surface area contributed by atoms with Crippen molar-refractivity contribution in [1.82, 2.24) is 10.2 Å². The number of hydrogen-bond donors (Lipinski definition) is 2. The van der Waals surface area contributed by atoms with Gasteiger partial charge in [0.15, 0.2) is 0 Å². The van der Waals surface area contributed by atoms with Crippen LogP contribution in [0.2, 0.25) is 0 Å². The quantitative estimate of drug-likeness (QED) is 0.818. The number of carbonyl (C=O) groups is 1. The van der Waals surface area contributed by atoms with Gasteiger partial charge in [-0.05, 0) is 17.7 Å². The standard InChI is InChI=1S/C15H22FN3O2.ClH/c16-13-3-1-12(2-4-13)14(11-18-15(20)5-6-17)19-7-9-21-10-8-19;/h1-4,14H,5-11,17H2,(H,18,20);1H. The zero-order valence-corrected chi connectivity index (χ0v) is 13.3. The first-order valence-corrected chi connectivity index (χ1v) is 7.24. The Labute approximate surface area is 136 Å². The summed E-state index contributed by atoms with van der Waals surface area (Å²) in [5.74, 6) is -0.315. The molecule has 0 bridgehead atoms. The number of carbonyl (C=O) groups excluding carboxylic acids is 1. The number of nitrogens with two attached hydrogens (primary N) is 1. The molecule has 7 heteroatoms. The Hall–Kier alpha value is -1.21. The van der Waals surface area contributed by atoms with E-state index in [1.807, 2.05) is 0 Å². The smallest absolute Gasteiger partial charge is 0.221 e. The highest BCUT2D eigenvalue weighted by molar-refractivity contribution is 5.85. The van der Waals surface area contributed by atoms with Crippen LogP contribution in [0.15, 0.2) is 24.3 Å². The van der Waals surface area contributed by atoms with Crippen molar-refractivity contribution < 1.29 is 13.9 Å². The van der Waals surface area contributed by atoms with Gasteiger partial charge >= 0.3 is 0 Å². The molecule has 0 aliphatic carbocycles. The Kier molecular flexibility index (Phi) is 8.34. The van der Waals surface area contributed by atoms with Crippen molar-refractivity contribution in [1.29, 1.82) is 0 Å². The van der Waals surface area contributed by atoms with Gasteiger partial charge in [0.25, 0.3) is 0 Å². The van der Waals surface area contributed by atoms with Gasteiger partial charge in [0.1, 0.15) is 5.82 Å². The Morgan fingerprint density at radius 2 is 1.95 bits per heavy atom. The molecule has 5 nitrogen and oxygen atoms in total. The summed E-state index contributed by atoms with van der Waals surface area (Å²) in [7, 11) is 0. The number of benzene rings is 1. The molecule has 1 heterocycles. The lowest BCUT2D eigenvalue weighted by Gasteiger charge is -2.35. The summed E-state index contributed by atoms with van der Waals surface area (Å²) in [5, 5.41) is 2.90. The van der Waals surface area contributed by atoms with Crippen molar-refractivity contribution in [3.8, 4) is 0 Å². The molecular formula is C15H23ClFN3O2. The van der Waals surface area contributed by atoms with E-state index in [9.17, 15) is 9.18 Å².